The highest BCUT2D eigenvalue weighted by Crippen LogP contribution is 2.35. The fourth-order valence-electron chi connectivity index (χ4n) is 2.12. The van der Waals surface area contributed by atoms with Crippen LogP contribution in [0.5, 0.6) is 0 Å². The van der Waals surface area contributed by atoms with Gasteiger partial charge in [-0.3, -0.25) is 20.6 Å². The van der Waals surface area contributed by atoms with Crippen molar-refractivity contribution in [2.75, 3.05) is 5.43 Å². The molecule has 1 atom stereocenters. The third-order valence-electron chi connectivity index (χ3n) is 3.18. The number of benzene rings is 1. The van der Waals surface area contributed by atoms with Gasteiger partial charge < -0.3 is 0 Å². The number of anilines is 1. The molecule has 2 rings (SSSR count). The number of carbonyl (C=O) groups is 1. The number of rotatable bonds is 5. The Hall–Kier alpha value is -2.64. The predicted octanol–water partition coefficient (Wildman–Crippen LogP) is 3.13. The summed E-state index contributed by atoms with van der Waals surface area (Å²) in [5.74, 6) is -0.694. The van der Waals surface area contributed by atoms with Crippen LogP contribution >= 0.6 is 0 Å². The summed E-state index contributed by atoms with van der Waals surface area (Å²) < 4.78 is 39.0. The van der Waals surface area contributed by atoms with Crippen LogP contribution in [0.3, 0.4) is 0 Å². The number of carbonyl (C=O) groups excluding carboxylic acids is 1. The molecule has 23 heavy (non-hydrogen) atoms. The second-order valence-electron chi connectivity index (χ2n) is 4.95. The van der Waals surface area contributed by atoms with Gasteiger partial charge >= 0.3 is 6.18 Å². The molecule has 8 heteroatoms. The first kappa shape index (κ1) is 16.7. The van der Waals surface area contributed by atoms with Gasteiger partial charge in [0.05, 0.1) is 11.8 Å². The molecule has 1 amide bonds. The van der Waals surface area contributed by atoms with E-state index in [0.717, 1.165) is 6.07 Å². The first-order valence-electron chi connectivity index (χ1n) is 6.85. The molecule has 5 nitrogen and oxygen atoms in total. The van der Waals surface area contributed by atoms with Crippen LogP contribution in [-0.4, -0.2) is 15.9 Å². The third kappa shape index (κ3) is 4.67. The fraction of sp³-hybridized carbons (Fsp3) is 0.267. The van der Waals surface area contributed by atoms with E-state index in [1.165, 1.54) is 36.8 Å². The van der Waals surface area contributed by atoms with Crippen LogP contribution in [0.1, 0.15) is 30.4 Å². The van der Waals surface area contributed by atoms with Crippen molar-refractivity contribution < 1.29 is 18.0 Å². The minimum atomic E-state index is -4.45. The summed E-state index contributed by atoms with van der Waals surface area (Å²) in [6, 6.07) is 5.25. The van der Waals surface area contributed by atoms with Crippen LogP contribution < -0.4 is 10.9 Å². The number of halogens is 3. The maximum Gasteiger partial charge on any atom is 0.416 e. The number of hydrogen-bond acceptors (Lipinski definition) is 4. The summed E-state index contributed by atoms with van der Waals surface area (Å²) >= 11 is 0. The summed E-state index contributed by atoms with van der Waals surface area (Å²) in [7, 11) is 0. The number of nitrogens with zero attached hydrogens (tertiary/aromatic N) is 2. The van der Waals surface area contributed by atoms with Crippen molar-refractivity contribution >= 4 is 11.7 Å². The van der Waals surface area contributed by atoms with E-state index in [2.05, 4.69) is 20.8 Å². The molecule has 0 saturated carbocycles. The third-order valence-corrected chi connectivity index (χ3v) is 3.18. The average Bonchev–Trinajstić information content (AvgIpc) is 2.53. The smallest absolute Gasteiger partial charge is 0.281 e. The van der Waals surface area contributed by atoms with Crippen molar-refractivity contribution in [1.29, 1.82) is 0 Å². The molecule has 0 aliphatic rings. The maximum absolute atomic E-state index is 13.0. The molecule has 0 bridgehead atoms. The van der Waals surface area contributed by atoms with Gasteiger partial charge in [0.25, 0.3) is 0 Å². The summed E-state index contributed by atoms with van der Waals surface area (Å²) in [6.45, 7) is 1.58. The SMILES string of the molecule is CC(CC(=O)NNc1cnccn1)c1ccccc1C(F)(F)F. The van der Waals surface area contributed by atoms with Gasteiger partial charge in [-0.15, -0.1) is 0 Å². The Morgan fingerprint density at radius 2 is 2.00 bits per heavy atom. The number of amides is 1. The highest BCUT2D eigenvalue weighted by atomic mass is 19.4. The van der Waals surface area contributed by atoms with E-state index in [9.17, 15) is 18.0 Å². The van der Waals surface area contributed by atoms with E-state index < -0.39 is 23.6 Å². The zero-order chi connectivity index (χ0) is 16.9. The molecule has 0 aliphatic carbocycles. The molecular formula is C15H15F3N4O. The Morgan fingerprint density at radius 1 is 1.26 bits per heavy atom. The molecule has 2 aromatic rings. The first-order chi connectivity index (χ1) is 10.9. The number of hydrazine groups is 1. The Balaban J connectivity index is 1.99. The Labute approximate surface area is 130 Å². The van der Waals surface area contributed by atoms with Gasteiger partial charge in [-0.2, -0.15) is 13.2 Å². The first-order valence-corrected chi connectivity index (χ1v) is 6.85. The topological polar surface area (TPSA) is 66.9 Å². The lowest BCUT2D eigenvalue weighted by Crippen LogP contribution is -2.30. The lowest BCUT2D eigenvalue weighted by Gasteiger charge is -2.18. The molecule has 0 aliphatic heterocycles. The maximum atomic E-state index is 13.0. The number of nitrogens with one attached hydrogen (secondary N) is 2. The van der Waals surface area contributed by atoms with Crippen LogP contribution in [0.25, 0.3) is 0 Å². The standard InChI is InChI=1S/C15H15F3N4O/c1-10(11-4-2-3-5-12(11)15(16,17)18)8-14(23)22-21-13-9-19-6-7-20-13/h2-7,9-10H,8H2,1H3,(H,20,21)(H,22,23). The normalized spacial score (nSPS) is 12.5. The highest BCUT2D eigenvalue weighted by Gasteiger charge is 2.34. The van der Waals surface area contributed by atoms with Crippen molar-refractivity contribution in [3.8, 4) is 0 Å². The van der Waals surface area contributed by atoms with Crippen LogP contribution in [0.4, 0.5) is 19.0 Å². The molecular weight excluding hydrogens is 309 g/mol. The van der Waals surface area contributed by atoms with Crippen LogP contribution in [-0.2, 0) is 11.0 Å². The lowest BCUT2D eigenvalue weighted by atomic mass is 9.92. The lowest BCUT2D eigenvalue weighted by molar-refractivity contribution is -0.138. The average molecular weight is 324 g/mol. The van der Waals surface area contributed by atoms with Crippen LogP contribution in [0.2, 0.25) is 0 Å². The predicted molar refractivity (Wildman–Crippen MR) is 78.3 cm³/mol. The molecule has 0 spiro atoms. The molecule has 1 heterocycles. The van der Waals surface area contributed by atoms with Gasteiger partial charge in [0.15, 0.2) is 5.82 Å². The summed E-state index contributed by atoms with van der Waals surface area (Å²) in [4.78, 5) is 19.6. The number of alkyl halides is 3. The Bertz CT molecular complexity index is 661. The highest BCUT2D eigenvalue weighted by molar-refractivity contribution is 5.78. The van der Waals surface area contributed by atoms with Gasteiger partial charge in [0.1, 0.15) is 0 Å². The Kier molecular flexibility index (Phi) is 5.15. The molecule has 1 unspecified atom stereocenters. The molecule has 0 saturated heterocycles. The van der Waals surface area contributed by atoms with Crippen LogP contribution in [0, 0.1) is 0 Å². The Morgan fingerprint density at radius 3 is 2.65 bits per heavy atom. The largest absolute Gasteiger partial charge is 0.416 e. The van der Waals surface area contributed by atoms with Gasteiger partial charge in [-0.05, 0) is 17.5 Å². The van der Waals surface area contributed by atoms with E-state index in [1.54, 1.807) is 6.92 Å². The van der Waals surface area contributed by atoms with Gasteiger partial charge in [-0.1, -0.05) is 25.1 Å². The van der Waals surface area contributed by atoms with Crippen molar-refractivity contribution in [1.82, 2.24) is 15.4 Å². The quantitative estimate of drug-likeness (QED) is 0.829. The fourth-order valence-corrected chi connectivity index (χ4v) is 2.12. The van der Waals surface area contributed by atoms with Crippen molar-refractivity contribution in [2.24, 2.45) is 0 Å². The molecule has 0 radical (unpaired) electrons. The molecule has 1 aromatic carbocycles. The van der Waals surface area contributed by atoms with Crippen molar-refractivity contribution in [2.45, 2.75) is 25.4 Å². The van der Waals surface area contributed by atoms with Gasteiger partial charge in [0, 0.05) is 18.8 Å². The van der Waals surface area contributed by atoms with E-state index in [4.69, 9.17) is 0 Å². The minimum Gasteiger partial charge on any atom is -0.281 e. The second-order valence-corrected chi connectivity index (χ2v) is 4.95. The second kappa shape index (κ2) is 7.08. The molecule has 2 N–H and O–H groups in total. The van der Waals surface area contributed by atoms with Gasteiger partial charge in [0.2, 0.25) is 5.91 Å². The van der Waals surface area contributed by atoms with Crippen molar-refractivity contribution in [3.63, 3.8) is 0 Å². The zero-order valence-corrected chi connectivity index (χ0v) is 12.3. The summed E-state index contributed by atoms with van der Waals surface area (Å²) in [5.41, 5.74) is 4.31. The van der Waals surface area contributed by atoms with E-state index in [1.807, 2.05) is 0 Å². The summed E-state index contributed by atoms with van der Waals surface area (Å²) in [5, 5.41) is 0. The van der Waals surface area contributed by atoms with Gasteiger partial charge in [-0.25, -0.2) is 4.98 Å². The van der Waals surface area contributed by atoms with Crippen molar-refractivity contribution in [3.05, 3.63) is 54.0 Å². The van der Waals surface area contributed by atoms with E-state index >= 15 is 0 Å². The number of hydrogen-bond donors (Lipinski definition) is 2. The molecule has 0 fully saturated rings. The van der Waals surface area contributed by atoms with E-state index in [-0.39, 0.29) is 12.0 Å². The minimum absolute atomic E-state index is 0.0923. The number of aromatic nitrogens is 2. The molecule has 122 valence electrons. The zero-order valence-electron chi connectivity index (χ0n) is 12.3. The van der Waals surface area contributed by atoms with Crippen LogP contribution in [0.15, 0.2) is 42.9 Å². The van der Waals surface area contributed by atoms with E-state index in [0.29, 0.717) is 5.82 Å². The summed E-state index contributed by atoms with van der Waals surface area (Å²) in [6.07, 6.45) is -0.220. The monoisotopic (exact) mass is 324 g/mol. The molecule has 1 aromatic heterocycles.